The normalized spacial score (nSPS) is 12.8. The summed E-state index contributed by atoms with van der Waals surface area (Å²) in [4.78, 5) is 1.23. The Morgan fingerprint density at radius 3 is 2.67 bits per heavy atom. The third-order valence-corrected chi connectivity index (χ3v) is 5.51. The summed E-state index contributed by atoms with van der Waals surface area (Å²) in [5.41, 5.74) is 3.61. The molecule has 2 rings (SSSR count). The van der Waals surface area contributed by atoms with E-state index in [4.69, 9.17) is 11.6 Å². The van der Waals surface area contributed by atoms with Crippen LogP contribution in [-0.2, 0) is 19.4 Å². The smallest absolute Gasteiger partial charge is 0.0624 e. The molecule has 0 saturated heterocycles. The zero-order valence-electron chi connectivity index (χ0n) is 13.2. The summed E-state index contributed by atoms with van der Waals surface area (Å²) in [6.45, 7) is 10.3. The summed E-state index contributed by atoms with van der Waals surface area (Å²) < 4.78 is 2.11. The topological polar surface area (TPSA) is 29.9 Å². The molecular formula is C16H24ClN3S. The maximum Gasteiger partial charge on any atom is 0.0624 e. The summed E-state index contributed by atoms with van der Waals surface area (Å²) >= 11 is 8.20. The second-order valence-electron chi connectivity index (χ2n) is 5.21. The molecule has 2 aromatic rings. The molecule has 21 heavy (non-hydrogen) atoms. The predicted octanol–water partition coefficient (Wildman–Crippen LogP) is 4.38. The highest BCUT2D eigenvalue weighted by Gasteiger charge is 2.20. The zero-order valence-corrected chi connectivity index (χ0v) is 14.8. The molecule has 0 aliphatic rings. The van der Waals surface area contributed by atoms with Crippen LogP contribution in [-0.4, -0.2) is 16.3 Å². The standard InChI is InChI=1S/C16H24ClN3S/c1-5-12-8-13(20(7-3)19-12)9-14(18-6-2)16-15(17)11(4)10-21-16/h8,10,14,18H,5-7,9H2,1-4H3. The van der Waals surface area contributed by atoms with E-state index in [1.54, 1.807) is 11.3 Å². The average Bonchev–Trinajstić information content (AvgIpc) is 3.03. The maximum absolute atomic E-state index is 6.46. The van der Waals surface area contributed by atoms with Gasteiger partial charge in [-0.3, -0.25) is 4.68 Å². The minimum absolute atomic E-state index is 0.257. The number of nitrogens with one attached hydrogen (secondary N) is 1. The Morgan fingerprint density at radius 2 is 2.14 bits per heavy atom. The number of rotatable bonds is 7. The molecule has 1 N–H and O–H groups in total. The van der Waals surface area contributed by atoms with Gasteiger partial charge in [0.25, 0.3) is 0 Å². The van der Waals surface area contributed by atoms with Crippen molar-refractivity contribution in [2.75, 3.05) is 6.54 Å². The van der Waals surface area contributed by atoms with Gasteiger partial charge in [-0.05, 0) is 43.8 Å². The van der Waals surface area contributed by atoms with Crippen LogP contribution in [0.1, 0.15) is 48.6 Å². The number of thiophene rings is 1. The molecular weight excluding hydrogens is 302 g/mol. The van der Waals surface area contributed by atoms with Crippen molar-refractivity contribution in [3.63, 3.8) is 0 Å². The fraction of sp³-hybridized carbons (Fsp3) is 0.562. The number of aryl methyl sites for hydroxylation is 3. The molecule has 0 amide bonds. The van der Waals surface area contributed by atoms with E-state index in [1.807, 2.05) is 0 Å². The number of likely N-dealkylation sites (N-methyl/N-ethyl adjacent to an activating group) is 1. The molecule has 0 bridgehead atoms. The fourth-order valence-corrected chi connectivity index (χ4v) is 3.93. The van der Waals surface area contributed by atoms with Crippen LogP contribution in [0.4, 0.5) is 0 Å². The van der Waals surface area contributed by atoms with E-state index >= 15 is 0 Å². The number of aromatic nitrogens is 2. The van der Waals surface area contributed by atoms with Crippen LogP contribution in [0.15, 0.2) is 11.4 Å². The van der Waals surface area contributed by atoms with Gasteiger partial charge in [-0.15, -0.1) is 11.3 Å². The Morgan fingerprint density at radius 1 is 1.38 bits per heavy atom. The summed E-state index contributed by atoms with van der Waals surface area (Å²) in [7, 11) is 0. The molecule has 5 heteroatoms. The van der Waals surface area contributed by atoms with Crippen molar-refractivity contribution in [1.29, 1.82) is 0 Å². The van der Waals surface area contributed by atoms with Crippen molar-refractivity contribution in [2.45, 2.75) is 53.1 Å². The lowest BCUT2D eigenvalue weighted by Crippen LogP contribution is -2.23. The molecule has 116 valence electrons. The minimum Gasteiger partial charge on any atom is -0.309 e. The van der Waals surface area contributed by atoms with E-state index in [2.05, 4.69) is 54.2 Å². The number of hydrogen-bond donors (Lipinski definition) is 1. The fourth-order valence-electron chi connectivity index (χ4n) is 2.52. The van der Waals surface area contributed by atoms with Gasteiger partial charge in [0.1, 0.15) is 0 Å². The SMILES string of the molecule is CCNC(Cc1cc(CC)nn1CC)c1scc(C)c1Cl. The molecule has 0 radical (unpaired) electrons. The third kappa shape index (κ3) is 3.68. The monoisotopic (exact) mass is 325 g/mol. The first-order valence-electron chi connectivity index (χ1n) is 7.63. The van der Waals surface area contributed by atoms with Crippen molar-refractivity contribution >= 4 is 22.9 Å². The van der Waals surface area contributed by atoms with Gasteiger partial charge in [0, 0.05) is 29.6 Å². The van der Waals surface area contributed by atoms with E-state index in [9.17, 15) is 0 Å². The van der Waals surface area contributed by atoms with Gasteiger partial charge in [0.2, 0.25) is 0 Å². The van der Waals surface area contributed by atoms with Crippen molar-refractivity contribution in [1.82, 2.24) is 15.1 Å². The minimum atomic E-state index is 0.257. The first kappa shape index (κ1) is 16.5. The highest BCUT2D eigenvalue weighted by atomic mass is 35.5. The van der Waals surface area contributed by atoms with Gasteiger partial charge in [0.05, 0.1) is 10.7 Å². The summed E-state index contributed by atoms with van der Waals surface area (Å²) in [6.07, 6.45) is 1.90. The van der Waals surface area contributed by atoms with Gasteiger partial charge in [0.15, 0.2) is 0 Å². The van der Waals surface area contributed by atoms with Gasteiger partial charge in [-0.25, -0.2) is 0 Å². The Kier molecular flexibility index (Phi) is 5.85. The first-order chi connectivity index (χ1) is 10.1. The van der Waals surface area contributed by atoms with Crippen LogP contribution in [0, 0.1) is 6.92 Å². The highest BCUT2D eigenvalue weighted by Crippen LogP contribution is 2.34. The first-order valence-corrected chi connectivity index (χ1v) is 8.88. The van der Waals surface area contributed by atoms with Crippen LogP contribution in [0.25, 0.3) is 0 Å². The lowest BCUT2D eigenvalue weighted by Gasteiger charge is -2.18. The van der Waals surface area contributed by atoms with Crippen LogP contribution in [0.2, 0.25) is 5.02 Å². The molecule has 2 heterocycles. The van der Waals surface area contributed by atoms with E-state index in [1.165, 1.54) is 10.6 Å². The Hall–Kier alpha value is -0.840. The van der Waals surface area contributed by atoms with Gasteiger partial charge in [-0.2, -0.15) is 5.10 Å². The molecule has 1 atom stereocenters. The number of halogens is 1. The summed E-state index contributed by atoms with van der Waals surface area (Å²) in [5, 5.41) is 11.2. The van der Waals surface area contributed by atoms with Gasteiger partial charge >= 0.3 is 0 Å². The van der Waals surface area contributed by atoms with Crippen molar-refractivity contribution in [3.05, 3.63) is 38.3 Å². The van der Waals surface area contributed by atoms with Crippen molar-refractivity contribution in [3.8, 4) is 0 Å². The van der Waals surface area contributed by atoms with Crippen molar-refractivity contribution in [2.24, 2.45) is 0 Å². The Balaban J connectivity index is 2.28. The van der Waals surface area contributed by atoms with E-state index in [0.29, 0.717) is 0 Å². The average molecular weight is 326 g/mol. The second kappa shape index (κ2) is 7.43. The highest BCUT2D eigenvalue weighted by molar-refractivity contribution is 7.10. The molecule has 0 aromatic carbocycles. The quantitative estimate of drug-likeness (QED) is 0.818. The molecule has 1 unspecified atom stereocenters. The largest absolute Gasteiger partial charge is 0.309 e. The van der Waals surface area contributed by atoms with E-state index in [0.717, 1.165) is 42.2 Å². The molecule has 2 aromatic heterocycles. The van der Waals surface area contributed by atoms with E-state index < -0.39 is 0 Å². The summed E-state index contributed by atoms with van der Waals surface area (Å²) in [6, 6.07) is 2.48. The second-order valence-corrected chi connectivity index (χ2v) is 6.50. The lowest BCUT2D eigenvalue weighted by molar-refractivity contribution is 0.522. The van der Waals surface area contributed by atoms with Gasteiger partial charge in [-0.1, -0.05) is 25.4 Å². The van der Waals surface area contributed by atoms with Crippen LogP contribution in [0.3, 0.4) is 0 Å². The summed E-state index contributed by atoms with van der Waals surface area (Å²) in [5.74, 6) is 0. The van der Waals surface area contributed by atoms with Crippen LogP contribution >= 0.6 is 22.9 Å². The molecule has 0 saturated carbocycles. The number of nitrogens with zero attached hydrogens (tertiary/aromatic N) is 2. The molecule has 0 aliphatic heterocycles. The van der Waals surface area contributed by atoms with Crippen LogP contribution in [0.5, 0.6) is 0 Å². The zero-order chi connectivity index (χ0) is 15.4. The molecule has 3 nitrogen and oxygen atoms in total. The Labute approximate surface area is 136 Å². The molecule has 0 fully saturated rings. The van der Waals surface area contributed by atoms with Gasteiger partial charge < -0.3 is 5.32 Å². The van der Waals surface area contributed by atoms with Crippen LogP contribution < -0.4 is 5.32 Å². The molecule has 0 aliphatic carbocycles. The predicted molar refractivity (Wildman–Crippen MR) is 91.5 cm³/mol. The van der Waals surface area contributed by atoms with E-state index in [-0.39, 0.29) is 6.04 Å². The Bertz CT molecular complexity index is 588. The van der Waals surface area contributed by atoms with Crippen molar-refractivity contribution < 1.29 is 0 Å². The maximum atomic E-state index is 6.46. The lowest BCUT2D eigenvalue weighted by atomic mass is 10.1. The molecule has 0 spiro atoms. The third-order valence-electron chi connectivity index (χ3n) is 3.68. The number of hydrogen-bond acceptors (Lipinski definition) is 3.